The number of amides is 1. The van der Waals surface area contributed by atoms with Crippen LogP contribution < -0.4 is 10.6 Å². The molecule has 5 heteroatoms. The highest BCUT2D eigenvalue weighted by molar-refractivity contribution is 6.00. The minimum absolute atomic E-state index is 0.0350. The van der Waals surface area contributed by atoms with Crippen molar-refractivity contribution in [2.75, 3.05) is 17.2 Å². The fraction of sp³-hybridized carbons (Fsp3) is 0.400. The van der Waals surface area contributed by atoms with Crippen molar-refractivity contribution in [3.8, 4) is 0 Å². The van der Waals surface area contributed by atoms with Gasteiger partial charge in [0.25, 0.3) is 0 Å². The summed E-state index contributed by atoms with van der Waals surface area (Å²) >= 11 is 0. The number of hydrogen-bond donors (Lipinski definition) is 2. The zero-order valence-electron chi connectivity index (χ0n) is 11.6. The van der Waals surface area contributed by atoms with Gasteiger partial charge in [0, 0.05) is 30.1 Å². The summed E-state index contributed by atoms with van der Waals surface area (Å²) in [5.41, 5.74) is 1.98. The Bertz CT molecular complexity index is 654. The van der Waals surface area contributed by atoms with Crippen molar-refractivity contribution in [2.24, 2.45) is 0 Å². The SMILES string of the molecule is CCCCNc1nc2c(c3cccnc13)CCC(=O)N2. The van der Waals surface area contributed by atoms with Crippen LogP contribution in [0.5, 0.6) is 0 Å². The van der Waals surface area contributed by atoms with E-state index in [2.05, 4.69) is 27.5 Å². The normalized spacial score (nSPS) is 13.9. The smallest absolute Gasteiger partial charge is 0.225 e. The van der Waals surface area contributed by atoms with Gasteiger partial charge in [-0.2, -0.15) is 0 Å². The van der Waals surface area contributed by atoms with E-state index in [4.69, 9.17) is 0 Å². The fourth-order valence-corrected chi connectivity index (χ4v) is 2.49. The van der Waals surface area contributed by atoms with E-state index in [0.717, 1.165) is 48.1 Å². The topological polar surface area (TPSA) is 66.9 Å². The van der Waals surface area contributed by atoms with Gasteiger partial charge in [0.05, 0.1) is 0 Å². The predicted molar refractivity (Wildman–Crippen MR) is 79.9 cm³/mol. The van der Waals surface area contributed by atoms with Crippen molar-refractivity contribution in [3.05, 3.63) is 23.9 Å². The molecule has 1 amide bonds. The standard InChI is InChI=1S/C15H18N4O/c1-2-3-8-17-15-13-10(5-4-9-16-13)11-6-7-12(20)18-14(11)19-15/h4-5,9H,2-3,6-8H2,1H3,(H2,17,18,19,20). The molecular formula is C15H18N4O. The lowest BCUT2D eigenvalue weighted by atomic mass is 10.0. The van der Waals surface area contributed by atoms with Crippen molar-refractivity contribution >= 4 is 28.4 Å². The van der Waals surface area contributed by atoms with Crippen LogP contribution in [0.4, 0.5) is 11.6 Å². The molecule has 0 saturated carbocycles. The molecule has 0 radical (unpaired) electrons. The number of nitrogens with one attached hydrogen (secondary N) is 2. The Morgan fingerprint density at radius 1 is 1.40 bits per heavy atom. The van der Waals surface area contributed by atoms with Gasteiger partial charge >= 0.3 is 0 Å². The summed E-state index contributed by atoms with van der Waals surface area (Å²) in [6, 6.07) is 3.97. The molecule has 0 unspecified atom stereocenters. The molecule has 1 aliphatic heterocycles. The number of rotatable bonds is 4. The van der Waals surface area contributed by atoms with Gasteiger partial charge in [-0.05, 0) is 18.9 Å². The van der Waals surface area contributed by atoms with Gasteiger partial charge in [0.15, 0.2) is 5.82 Å². The largest absolute Gasteiger partial charge is 0.368 e. The number of fused-ring (bicyclic) bond motifs is 3. The summed E-state index contributed by atoms with van der Waals surface area (Å²) in [5, 5.41) is 7.27. The van der Waals surface area contributed by atoms with Crippen LogP contribution in [0.3, 0.4) is 0 Å². The average Bonchev–Trinajstić information content (AvgIpc) is 2.47. The Labute approximate surface area is 117 Å². The van der Waals surface area contributed by atoms with Crippen LogP contribution in [0.1, 0.15) is 31.7 Å². The molecule has 3 heterocycles. The molecule has 0 atom stereocenters. The molecule has 1 aliphatic rings. The Kier molecular flexibility index (Phi) is 3.50. The lowest BCUT2D eigenvalue weighted by Crippen LogP contribution is -2.21. The van der Waals surface area contributed by atoms with Gasteiger partial charge in [-0.3, -0.25) is 9.78 Å². The highest BCUT2D eigenvalue weighted by atomic mass is 16.1. The first-order chi connectivity index (χ1) is 9.79. The number of aromatic nitrogens is 2. The number of carbonyl (C=O) groups is 1. The monoisotopic (exact) mass is 270 g/mol. The highest BCUT2D eigenvalue weighted by Crippen LogP contribution is 2.31. The number of hydrogen-bond acceptors (Lipinski definition) is 4. The summed E-state index contributed by atoms with van der Waals surface area (Å²) < 4.78 is 0. The van der Waals surface area contributed by atoms with E-state index in [1.165, 1.54) is 0 Å². The molecule has 0 spiro atoms. The van der Waals surface area contributed by atoms with E-state index in [-0.39, 0.29) is 5.91 Å². The van der Waals surface area contributed by atoms with Crippen LogP contribution >= 0.6 is 0 Å². The number of nitrogens with zero attached hydrogens (tertiary/aromatic N) is 2. The number of unbranched alkanes of at least 4 members (excludes halogenated alkanes) is 1. The summed E-state index contributed by atoms with van der Waals surface area (Å²) in [4.78, 5) is 20.6. The van der Waals surface area contributed by atoms with Crippen molar-refractivity contribution in [1.82, 2.24) is 9.97 Å². The third-order valence-corrected chi connectivity index (χ3v) is 3.55. The first-order valence-corrected chi connectivity index (χ1v) is 7.11. The number of aryl methyl sites for hydroxylation is 1. The molecule has 104 valence electrons. The molecule has 0 fully saturated rings. The molecule has 3 rings (SSSR count). The summed E-state index contributed by atoms with van der Waals surface area (Å²) in [5.74, 6) is 1.48. The van der Waals surface area contributed by atoms with Gasteiger partial charge in [0.2, 0.25) is 5.91 Å². The van der Waals surface area contributed by atoms with Crippen LogP contribution in [0.2, 0.25) is 0 Å². The van der Waals surface area contributed by atoms with E-state index in [1.54, 1.807) is 6.20 Å². The highest BCUT2D eigenvalue weighted by Gasteiger charge is 2.20. The molecule has 0 bridgehead atoms. The molecule has 2 N–H and O–H groups in total. The number of carbonyl (C=O) groups excluding carboxylic acids is 1. The van der Waals surface area contributed by atoms with E-state index in [1.807, 2.05) is 12.1 Å². The summed E-state index contributed by atoms with van der Waals surface area (Å²) in [6.45, 7) is 3.01. The van der Waals surface area contributed by atoms with Gasteiger partial charge in [-0.15, -0.1) is 0 Å². The maximum Gasteiger partial charge on any atom is 0.225 e. The average molecular weight is 270 g/mol. The number of anilines is 2. The second-order valence-electron chi connectivity index (χ2n) is 5.02. The lowest BCUT2D eigenvalue weighted by Gasteiger charge is -2.19. The molecule has 20 heavy (non-hydrogen) atoms. The van der Waals surface area contributed by atoms with Gasteiger partial charge in [-0.1, -0.05) is 19.4 Å². The fourth-order valence-electron chi connectivity index (χ4n) is 2.49. The van der Waals surface area contributed by atoms with Crippen molar-refractivity contribution < 1.29 is 4.79 Å². The lowest BCUT2D eigenvalue weighted by molar-refractivity contribution is -0.116. The summed E-state index contributed by atoms with van der Waals surface area (Å²) in [6.07, 6.45) is 5.23. The van der Waals surface area contributed by atoms with Gasteiger partial charge < -0.3 is 10.6 Å². The number of pyridine rings is 2. The van der Waals surface area contributed by atoms with Crippen molar-refractivity contribution in [1.29, 1.82) is 0 Å². The Morgan fingerprint density at radius 3 is 3.15 bits per heavy atom. The van der Waals surface area contributed by atoms with Crippen LogP contribution in [0, 0.1) is 0 Å². The first-order valence-electron chi connectivity index (χ1n) is 7.11. The zero-order valence-corrected chi connectivity index (χ0v) is 11.6. The van der Waals surface area contributed by atoms with Crippen molar-refractivity contribution in [3.63, 3.8) is 0 Å². The molecule has 5 nitrogen and oxygen atoms in total. The molecule has 0 aromatic carbocycles. The van der Waals surface area contributed by atoms with Gasteiger partial charge in [-0.25, -0.2) is 4.98 Å². The Balaban J connectivity index is 2.07. The van der Waals surface area contributed by atoms with E-state index < -0.39 is 0 Å². The molecule has 0 saturated heterocycles. The van der Waals surface area contributed by atoms with E-state index in [9.17, 15) is 4.79 Å². The first kappa shape index (κ1) is 12.8. The van der Waals surface area contributed by atoms with Crippen LogP contribution in [-0.4, -0.2) is 22.4 Å². The minimum Gasteiger partial charge on any atom is -0.368 e. The van der Waals surface area contributed by atoms with E-state index >= 15 is 0 Å². The second-order valence-corrected chi connectivity index (χ2v) is 5.02. The third-order valence-electron chi connectivity index (χ3n) is 3.55. The van der Waals surface area contributed by atoms with Crippen LogP contribution in [0.25, 0.3) is 10.9 Å². The molecular weight excluding hydrogens is 252 g/mol. The van der Waals surface area contributed by atoms with Crippen LogP contribution in [-0.2, 0) is 11.2 Å². The second kappa shape index (κ2) is 5.45. The predicted octanol–water partition coefficient (Wildman–Crippen LogP) is 2.73. The molecule has 2 aromatic rings. The summed E-state index contributed by atoms with van der Waals surface area (Å²) in [7, 11) is 0. The minimum atomic E-state index is 0.0350. The molecule has 2 aromatic heterocycles. The van der Waals surface area contributed by atoms with E-state index in [0.29, 0.717) is 12.2 Å². The zero-order chi connectivity index (χ0) is 13.9. The van der Waals surface area contributed by atoms with Crippen LogP contribution in [0.15, 0.2) is 18.3 Å². The van der Waals surface area contributed by atoms with Crippen molar-refractivity contribution in [2.45, 2.75) is 32.6 Å². The van der Waals surface area contributed by atoms with Gasteiger partial charge in [0.1, 0.15) is 11.3 Å². The quantitative estimate of drug-likeness (QED) is 0.838. The maximum atomic E-state index is 11.5. The Morgan fingerprint density at radius 2 is 2.30 bits per heavy atom. The Hall–Kier alpha value is -2.17. The maximum absolute atomic E-state index is 11.5. The third kappa shape index (κ3) is 2.31. The molecule has 0 aliphatic carbocycles.